The van der Waals surface area contributed by atoms with Gasteiger partial charge in [0.15, 0.2) is 5.69 Å². The van der Waals surface area contributed by atoms with E-state index < -0.39 is 5.97 Å². The molecule has 2 aromatic heterocycles. The summed E-state index contributed by atoms with van der Waals surface area (Å²) in [7, 11) is 0. The van der Waals surface area contributed by atoms with Crippen LogP contribution < -0.4 is 4.90 Å². The second-order valence-electron chi connectivity index (χ2n) is 4.95. The average Bonchev–Trinajstić information content (AvgIpc) is 3.02. The van der Waals surface area contributed by atoms with Crippen molar-refractivity contribution in [3.63, 3.8) is 0 Å². The number of anilines is 1. The highest BCUT2D eigenvalue weighted by atomic mass is 16.4. The maximum atomic E-state index is 11.0. The summed E-state index contributed by atoms with van der Waals surface area (Å²) in [5.74, 6) is 1.06. The molecule has 0 aliphatic carbocycles. The number of H-pyrrole nitrogens is 1. The molecule has 6 nitrogen and oxygen atoms in total. The molecule has 1 atom stereocenters. The Bertz CT molecular complexity index is 597. The fraction of sp³-hybridized carbons (Fsp3) is 0.357. The number of nitrogens with zero attached hydrogens (tertiary/aromatic N) is 3. The minimum Gasteiger partial charge on any atom is -0.477 e. The molecule has 0 radical (unpaired) electrons. The van der Waals surface area contributed by atoms with Gasteiger partial charge in [0.25, 0.3) is 0 Å². The van der Waals surface area contributed by atoms with Crippen molar-refractivity contribution in [2.45, 2.75) is 18.8 Å². The van der Waals surface area contributed by atoms with Gasteiger partial charge in [-0.2, -0.15) is 0 Å². The second-order valence-corrected chi connectivity index (χ2v) is 4.95. The first-order valence-corrected chi connectivity index (χ1v) is 6.68. The van der Waals surface area contributed by atoms with Crippen LogP contribution in [0.5, 0.6) is 0 Å². The third kappa shape index (κ3) is 2.49. The number of carboxylic acids is 1. The summed E-state index contributed by atoms with van der Waals surface area (Å²) >= 11 is 0. The normalized spacial score (nSPS) is 19.0. The van der Waals surface area contributed by atoms with Crippen molar-refractivity contribution in [2.75, 3.05) is 18.0 Å². The van der Waals surface area contributed by atoms with E-state index in [1.807, 2.05) is 12.3 Å². The Morgan fingerprint density at radius 3 is 3.10 bits per heavy atom. The van der Waals surface area contributed by atoms with E-state index in [0.717, 1.165) is 37.6 Å². The summed E-state index contributed by atoms with van der Waals surface area (Å²) in [6.07, 6.45) is 5.72. The topological polar surface area (TPSA) is 82.1 Å². The fourth-order valence-corrected chi connectivity index (χ4v) is 2.63. The minimum atomic E-state index is -0.994. The van der Waals surface area contributed by atoms with E-state index in [-0.39, 0.29) is 5.69 Å². The highest BCUT2D eigenvalue weighted by molar-refractivity contribution is 5.85. The highest BCUT2D eigenvalue weighted by Gasteiger charge is 2.24. The molecule has 1 fully saturated rings. The molecule has 1 unspecified atom stereocenters. The van der Waals surface area contributed by atoms with Crippen LogP contribution in [0.1, 0.15) is 35.1 Å². The third-order valence-corrected chi connectivity index (χ3v) is 3.60. The van der Waals surface area contributed by atoms with Crippen LogP contribution in [0.15, 0.2) is 30.6 Å². The lowest BCUT2D eigenvalue weighted by atomic mass is 9.97. The Morgan fingerprint density at radius 1 is 1.45 bits per heavy atom. The van der Waals surface area contributed by atoms with E-state index >= 15 is 0 Å². The van der Waals surface area contributed by atoms with Crippen molar-refractivity contribution in [3.8, 4) is 0 Å². The number of aromatic nitrogens is 3. The van der Waals surface area contributed by atoms with Gasteiger partial charge in [-0.15, -0.1) is 0 Å². The number of hydrogen-bond donors (Lipinski definition) is 2. The molecule has 1 aliphatic rings. The second kappa shape index (κ2) is 5.32. The molecule has 0 bridgehead atoms. The van der Waals surface area contributed by atoms with Gasteiger partial charge in [0, 0.05) is 31.4 Å². The monoisotopic (exact) mass is 272 g/mol. The van der Waals surface area contributed by atoms with Gasteiger partial charge in [-0.25, -0.2) is 14.8 Å². The predicted molar refractivity (Wildman–Crippen MR) is 74.0 cm³/mol. The van der Waals surface area contributed by atoms with Crippen LogP contribution in [0.3, 0.4) is 0 Å². The van der Waals surface area contributed by atoms with E-state index in [0.29, 0.717) is 5.92 Å². The lowest BCUT2D eigenvalue weighted by molar-refractivity contribution is 0.0690. The van der Waals surface area contributed by atoms with E-state index in [9.17, 15) is 4.79 Å². The van der Waals surface area contributed by atoms with E-state index in [1.54, 1.807) is 12.3 Å². The summed E-state index contributed by atoms with van der Waals surface area (Å²) in [4.78, 5) is 24.8. The smallest absolute Gasteiger partial charge is 0.354 e. The number of carboxylic acid groups (broad SMARTS) is 1. The van der Waals surface area contributed by atoms with Gasteiger partial charge in [0.2, 0.25) is 0 Å². The first-order chi connectivity index (χ1) is 9.74. The van der Waals surface area contributed by atoms with Crippen molar-refractivity contribution >= 4 is 11.8 Å². The summed E-state index contributed by atoms with van der Waals surface area (Å²) in [5.41, 5.74) is 0.0858. The third-order valence-electron chi connectivity index (χ3n) is 3.60. The quantitative estimate of drug-likeness (QED) is 0.891. The summed E-state index contributed by atoms with van der Waals surface area (Å²) in [6, 6.07) is 5.11. The summed E-state index contributed by atoms with van der Waals surface area (Å²) < 4.78 is 0. The molecule has 3 rings (SSSR count). The number of pyridine rings is 1. The van der Waals surface area contributed by atoms with Gasteiger partial charge in [-0.05, 0) is 25.0 Å². The molecule has 0 amide bonds. The fourth-order valence-electron chi connectivity index (χ4n) is 2.63. The van der Waals surface area contributed by atoms with Gasteiger partial charge in [0.05, 0.1) is 0 Å². The Kier molecular flexibility index (Phi) is 3.37. The Balaban J connectivity index is 1.80. The van der Waals surface area contributed by atoms with E-state index in [4.69, 9.17) is 5.11 Å². The lowest BCUT2D eigenvalue weighted by Gasteiger charge is -2.32. The van der Waals surface area contributed by atoms with Crippen LogP contribution in [0.4, 0.5) is 5.82 Å². The van der Waals surface area contributed by atoms with Gasteiger partial charge >= 0.3 is 5.97 Å². The number of aromatic carboxylic acids is 1. The van der Waals surface area contributed by atoms with Gasteiger partial charge < -0.3 is 15.0 Å². The molecule has 104 valence electrons. The Hall–Kier alpha value is -2.37. The van der Waals surface area contributed by atoms with Crippen LogP contribution in [0, 0.1) is 0 Å². The molecule has 6 heteroatoms. The summed E-state index contributed by atoms with van der Waals surface area (Å²) in [6.45, 7) is 1.71. The minimum absolute atomic E-state index is 0.0858. The number of hydrogen-bond acceptors (Lipinski definition) is 4. The highest BCUT2D eigenvalue weighted by Crippen LogP contribution is 2.27. The van der Waals surface area contributed by atoms with Gasteiger partial charge in [0.1, 0.15) is 11.6 Å². The molecule has 0 spiro atoms. The maximum absolute atomic E-state index is 11.0. The first kappa shape index (κ1) is 12.7. The molecule has 2 aromatic rings. The van der Waals surface area contributed by atoms with Crippen molar-refractivity contribution in [2.24, 2.45) is 0 Å². The number of rotatable bonds is 3. The first-order valence-electron chi connectivity index (χ1n) is 6.68. The SMILES string of the molecule is O=C(O)c1cccc(N2CCCC(c3ncc[nH]3)C2)n1. The molecule has 3 heterocycles. The maximum Gasteiger partial charge on any atom is 0.354 e. The molecule has 2 N–H and O–H groups in total. The van der Waals surface area contributed by atoms with Crippen molar-refractivity contribution < 1.29 is 9.90 Å². The standard InChI is InChI=1S/C14H16N4O2/c19-14(20)11-4-1-5-12(17-11)18-8-2-3-10(9-18)13-15-6-7-16-13/h1,4-7,10H,2-3,8-9H2,(H,15,16)(H,19,20). The van der Waals surface area contributed by atoms with Crippen LogP contribution in [0.2, 0.25) is 0 Å². The molecule has 1 saturated heterocycles. The number of aromatic amines is 1. The number of piperidine rings is 1. The number of nitrogens with one attached hydrogen (secondary N) is 1. The Labute approximate surface area is 116 Å². The largest absolute Gasteiger partial charge is 0.477 e. The molecule has 20 heavy (non-hydrogen) atoms. The molecule has 0 aromatic carbocycles. The predicted octanol–water partition coefficient (Wildman–Crippen LogP) is 1.89. The zero-order chi connectivity index (χ0) is 13.9. The van der Waals surface area contributed by atoms with Crippen molar-refractivity contribution in [1.82, 2.24) is 15.0 Å². The molecule has 0 saturated carbocycles. The summed E-state index contributed by atoms with van der Waals surface area (Å²) in [5, 5.41) is 9.01. The number of carbonyl (C=O) groups is 1. The van der Waals surface area contributed by atoms with E-state index in [1.165, 1.54) is 6.07 Å². The van der Waals surface area contributed by atoms with Crippen molar-refractivity contribution in [1.29, 1.82) is 0 Å². The molecular weight excluding hydrogens is 256 g/mol. The van der Waals surface area contributed by atoms with Crippen molar-refractivity contribution in [3.05, 3.63) is 42.1 Å². The van der Waals surface area contributed by atoms with Crippen LogP contribution in [-0.4, -0.2) is 39.1 Å². The van der Waals surface area contributed by atoms with Crippen LogP contribution in [-0.2, 0) is 0 Å². The Morgan fingerprint density at radius 2 is 2.35 bits per heavy atom. The van der Waals surface area contributed by atoms with Gasteiger partial charge in [-0.1, -0.05) is 6.07 Å². The molecule has 1 aliphatic heterocycles. The lowest BCUT2D eigenvalue weighted by Crippen LogP contribution is -2.35. The zero-order valence-electron chi connectivity index (χ0n) is 11.0. The van der Waals surface area contributed by atoms with E-state index in [2.05, 4.69) is 19.9 Å². The van der Waals surface area contributed by atoms with Crippen LogP contribution in [0.25, 0.3) is 0 Å². The van der Waals surface area contributed by atoms with Crippen LogP contribution >= 0.6 is 0 Å². The average molecular weight is 272 g/mol. The molecular formula is C14H16N4O2. The number of imidazole rings is 1. The van der Waals surface area contributed by atoms with Gasteiger partial charge in [-0.3, -0.25) is 0 Å². The zero-order valence-corrected chi connectivity index (χ0v) is 11.0.